The van der Waals surface area contributed by atoms with Crippen molar-refractivity contribution in [2.45, 2.75) is 0 Å². The van der Waals surface area contributed by atoms with Gasteiger partial charge in [-0.15, -0.1) is 0 Å². The van der Waals surface area contributed by atoms with E-state index in [4.69, 9.17) is 5.11 Å². The molecule has 2 heterocycles. The second-order valence-corrected chi connectivity index (χ2v) is 6.33. The maximum atomic E-state index is 10.8. The first-order valence-electron chi connectivity index (χ1n) is 3.74. The number of carboxylic acids is 1. The zero-order chi connectivity index (χ0) is 9.42. The number of hydrogen-bond acceptors (Lipinski definition) is 3. The molecular formula is C7H5N3O2Ra. The number of aromatic carboxylic acids is 1. The molecule has 0 unspecified atom stereocenters. The van der Waals surface area contributed by atoms with E-state index >= 15 is 0 Å². The van der Waals surface area contributed by atoms with E-state index in [1.165, 1.54) is 10.6 Å². The Kier molecular flexibility index (Phi) is 2.36. The summed E-state index contributed by atoms with van der Waals surface area (Å²) < 4.78 is 2.31. The molecule has 13 heavy (non-hydrogen) atoms. The van der Waals surface area contributed by atoms with Crippen LogP contribution in [0.25, 0.3) is 5.65 Å². The molecule has 0 amide bonds. The van der Waals surface area contributed by atoms with Crippen molar-refractivity contribution in [3.05, 3.63) is 23.9 Å². The predicted molar refractivity (Wildman–Crippen MR) is 41.0 cm³/mol. The summed E-state index contributed by atoms with van der Waals surface area (Å²) in [6.45, 7) is 0. The van der Waals surface area contributed by atoms with Crippen molar-refractivity contribution >= 4 is 12.5 Å². The van der Waals surface area contributed by atoms with Gasteiger partial charge in [0, 0.05) is 0 Å². The fourth-order valence-electron chi connectivity index (χ4n) is 1.18. The van der Waals surface area contributed by atoms with E-state index in [1.54, 1.807) is 12.3 Å². The van der Waals surface area contributed by atoms with Crippen LogP contribution < -0.4 is 0.865 Å². The Bertz CT molecular complexity index is 480. The van der Waals surface area contributed by atoms with Gasteiger partial charge in [-0.1, -0.05) is 0 Å². The fourth-order valence-corrected chi connectivity index (χ4v) is 2.94. The minimum absolute atomic E-state index is 0.0665. The van der Waals surface area contributed by atoms with E-state index < -0.39 is 5.97 Å². The zero-order valence-electron chi connectivity index (χ0n) is 6.93. The van der Waals surface area contributed by atoms with Gasteiger partial charge in [-0.2, -0.15) is 0 Å². The molecule has 6 heteroatoms. The molecule has 62 valence electrons. The predicted octanol–water partition coefficient (Wildman–Crippen LogP) is -0.666. The van der Waals surface area contributed by atoms with Crippen molar-refractivity contribution in [2.75, 3.05) is 0 Å². The van der Waals surface area contributed by atoms with E-state index in [-0.39, 0.29) is 48.4 Å². The molecular weight excluding hydrogens is 384 g/mol. The van der Waals surface area contributed by atoms with Gasteiger partial charge < -0.3 is 0 Å². The number of carboxylic acid groups (broad SMARTS) is 1. The molecule has 0 aliphatic carbocycles. The Labute approximate surface area is 103 Å². The fraction of sp³-hybridized carbons (Fsp3) is 0. The number of nitrogens with zero attached hydrogens (tertiary/aromatic N) is 3. The molecule has 0 atom stereocenters. The van der Waals surface area contributed by atoms with Crippen LogP contribution in [0.15, 0.2) is 18.3 Å². The van der Waals surface area contributed by atoms with Gasteiger partial charge in [-0.3, -0.25) is 0 Å². The van der Waals surface area contributed by atoms with E-state index in [9.17, 15) is 4.79 Å². The number of hydrogen-bond donors (Lipinski definition) is 1. The normalized spacial score (nSPS) is 10.4. The third-order valence-electron chi connectivity index (χ3n) is 1.70. The van der Waals surface area contributed by atoms with E-state index in [0.717, 1.165) is 0.865 Å². The second-order valence-electron chi connectivity index (χ2n) is 2.65. The van der Waals surface area contributed by atoms with Gasteiger partial charge in [0.2, 0.25) is 0 Å². The Morgan fingerprint density at radius 1 is 1.62 bits per heavy atom. The average molecular weight is 389 g/mol. The van der Waals surface area contributed by atoms with Crippen molar-refractivity contribution in [3.8, 4) is 0 Å². The van der Waals surface area contributed by atoms with E-state index in [0.29, 0.717) is 5.65 Å². The van der Waals surface area contributed by atoms with Gasteiger partial charge >= 0.3 is 104 Å². The second kappa shape index (κ2) is 3.37. The number of pyridine rings is 1. The summed E-state index contributed by atoms with van der Waals surface area (Å²) in [5.74, 6) is -0.962. The first kappa shape index (κ1) is 9.13. The number of aromatic nitrogens is 3. The van der Waals surface area contributed by atoms with Gasteiger partial charge in [-0.25, -0.2) is 0 Å². The summed E-state index contributed by atoms with van der Waals surface area (Å²) in [5.41, 5.74) is 0.646. The van der Waals surface area contributed by atoms with Gasteiger partial charge in [0.25, 0.3) is 0 Å². The van der Waals surface area contributed by atoms with Crippen LogP contribution in [0.5, 0.6) is 0 Å². The first-order valence-corrected chi connectivity index (χ1v) is 7.85. The molecule has 0 radical (unpaired) electrons. The van der Waals surface area contributed by atoms with Crippen LogP contribution >= 0.6 is 0 Å². The summed E-state index contributed by atoms with van der Waals surface area (Å²) in [5, 5.41) is 12.9. The van der Waals surface area contributed by atoms with Crippen molar-refractivity contribution in [2.24, 2.45) is 0 Å². The maximum absolute atomic E-state index is 10.8. The van der Waals surface area contributed by atoms with Crippen LogP contribution in [-0.2, 0) is 0 Å². The number of fused-ring (bicyclic) bond motifs is 1. The molecule has 0 saturated heterocycles. The van der Waals surface area contributed by atoms with Crippen LogP contribution in [0.1, 0.15) is 10.4 Å². The molecule has 2 aromatic rings. The summed E-state index contributed by atoms with van der Waals surface area (Å²) in [4.78, 5) is 14.9. The van der Waals surface area contributed by atoms with Gasteiger partial charge in [0.1, 0.15) is 0 Å². The number of carbonyl (C=O) groups is 1. The molecule has 0 saturated carbocycles. The van der Waals surface area contributed by atoms with Crippen LogP contribution in [0.3, 0.4) is 0 Å². The van der Waals surface area contributed by atoms with Gasteiger partial charge in [0.05, 0.1) is 0 Å². The number of rotatable bonds is 1. The molecule has 0 spiro atoms. The third-order valence-corrected chi connectivity index (χ3v) is 3.44. The molecule has 1 N–H and O–H groups in total. The Morgan fingerprint density at radius 3 is 3.08 bits per heavy atom. The summed E-state index contributed by atoms with van der Waals surface area (Å²) >= 11 is 0.0665. The van der Waals surface area contributed by atoms with Crippen molar-refractivity contribution < 1.29 is 52.7 Å². The molecule has 0 aromatic carbocycles. The van der Waals surface area contributed by atoms with E-state index in [2.05, 4.69) is 10.1 Å². The van der Waals surface area contributed by atoms with Crippen LogP contribution in [-0.4, -0.2) is 25.7 Å². The van der Waals surface area contributed by atoms with Crippen LogP contribution in [0, 0.1) is 42.8 Å². The summed E-state index contributed by atoms with van der Waals surface area (Å²) in [7, 11) is 0. The summed E-state index contributed by atoms with van der Waals surface area (Å²) in [6, 6.07) is 3.19. The standard InChI is InChI=1S/C7H4N3O2.Ra.H/c11-7(12)5-2-1-3-10-6(5)8-4-9-10;;/h1-3H,(H,11,12);;. The average Bonchev–Trinajstić information content (AvgIpc) is 2.43. The monoisotopic (exact) mass is 389 g/mol. The molecule has 2 aromatic heterocycles. The molecule has 0 bridgehead atoms. The van der Waals surface area contributed by atoms with Crippen LogP contribution in [0.4, 0.5) is 0 Å². The topological polar surface area (TPSA) is 67.5 Å². The van der Waals surface area contributed by atoms with Gasteiger partial charge in [0.15, 0.2) is 0 Å². The van der Waals surface area contributed by atoms with Crippen molar-refractivity contribution in [3.63, 3.8) is 0 Å². The minimum atomic E-state index is -0.962. The zero-order valence-corrected chi connectivity index (χ0v) is 15.1. The SMILES string of the molecule is O=C(O)c1cccn2n[c]([RaH])nc12. The molecule has 0 aliphatic rings. The van der Waals surface area contributed by atoms with Crippen molar-refractivity contribution in [1.29, 1.82) is 0 Å². The molecule has 5 nitrogen and oxygen atoms in total. The Morgan fingerprint density at radius 2 is 2.38 bits per heavy atom. The molecule has 0 fully saturated rings. The molecule has 0 aliphatic heterocycles. The molecule has 2 rings (SSSR count). The summed E-state index contributed by atoms with van der Waals surface area (Å²) in [6.07, 6.45) is 1.71. The van der Waals surface area contributed by atoms with Gasteiger partial charge in [-0.05, 0) is 0 Å². The Hall–Kier alpha value is -0.442. The van der Waals surface area contributed by atoms with E-state index in [1.807, 2.05) is 0 Å². The third kappa shape index (κ3) is 1.62. The van der Waals surface area contributed by atoms with Crippen molar-refractivity contribution in [1.82, 2.24) is 14.6 Å². The Balaban J connectivity index is 2.82. The first-order chi connectivity index (χ1) is 6.18. The quantitative estimate of drug-likeness (QED) is 0.703. The van der Waals surface area contributed by atoms with Crippen LogP contribution in [0.2, 0.25) is 0 Å².